The van der Waals surface area contributed by atoms with E-state index in [1.165, 1.54) is 18.6 Å². The summed E-state index contributed by atoms with van der Waals surface area (Å²) in [6.45, 7) is 8.17. The van der Waals surface area contributed by atoms with E-state index in [0.717, 1.165) is 24.2 Å². The maximum atomic E-state index is 15.4. The molecule has 0 aromatic carbocycles. The van der Waals surface area contributed by atoms with Gasteiger partial charge >= 0.3 is 0 Å². The molecule has 1 aliphatic heterocycles. The van der Waals surface area contributed by atoms with Gasteiger partial charge in [0.1, 0.15) is 23.8 Å². The number of hydrogen-bond acceptors (Lipinski definition) is 9. The fourth-order valence-corrected chi connectivity index (χ4v) is 8.34. The van der Waals surface area contributed by atoms with E-state index >= 15 is 8.78 Å². The molecule has 1 unspecified atom stereocenters. The molecule has 0 spiro atoms. The van der Waals surface area contributed by atoms with Crippen LogP contribution >= 0.6 is 0 Å². The third-order valence-corrected chi connectivity index (χ3v) is 11.4. The Bertz CT molecular complexity index is 1740. The van der Waals surface area contributed by atoms with Gasteiger partial charge in [0.25, 0.3) is 17.7 Å². The van der Waals surface area contributed by atoms with E-state index in [0.29, 0.717) is 24.8 Å². The molecule has 304 valence electrons. The van der Waals surface area contributed by atoms with Crippen LogP contribution in [0.4, 0.5) is 8.78 Å². The number of nitrogens with one attached hydrogen (secondary N) is 4. The highest BCUT2D eigenvalue weighted by Gasteiger charge is 2.61. The Labute approximate surface area is 326 Å². The molecule has 0 bridgehead atoms. The number of nitrogens with zero attached hydrogens (tertiary/aromatic N) is 4. The van der Waals surface area contributed by atoms with E-state index in [-0.39, 0.29) is 24.5 Å². The maximum absolute atomic E-state index is 15.4. The van der Waals surface area contributed by atoms with Gasteiger partial charge in [-0.15, -0.1) is 0 Å². The largest absolute Gasteiger partial charge is 0.344 e. The highest BCUT2D eigenvalue weighted by atomic mass is 19.3. The van der Waals surface area contributed by atoms with E-state index in [1.807, 2.05) is 0 Å². The van der Waals surface area contributed by atoms with Crippen molar-refractivity contribution in [2.45, 2.75) is 129 Å². The first-order valence-corrected chi connectivity index (χ1v) is 19.6. The van der Waals surface area contributed by atoms with Crippen molar-refractivity contribution in [3.63, 3.8) is 0 Å². The summed E-state index contributed by atoms with van der Waals surface area (Å²) in [5.74, 6) is -10.2. The van der Waals surface area contributed by atoms with Crippen molar-refractivity contribution in [2.75, 3.05) is 6.54 Å². The number of rotatable bonds is 14. The van der Waals surface area contributed by atoms with Gasteiger partial charge in [0.2, 0.25) is 23.5 Å². The number of carbonyl (C=O) groups is 6. The summed E-state index contributed by atoms with van der Waals surface area (Å²) in [7, 11) is 0. The molecule has 1 saturated heterocycles. The Hall–Kier alpha value is -4.89. The molecule has 0 radical (unpaired) electrons. The highest BCUT2D eigenvalue weighted by molar-refractivity contribution is 6.38. The molecule has 4 N–H and O–H groups in total. The number of halogens is 2. The quantitative estimate of drug-likeness (QED) is 0.207. The molecule has 7 atom stereocenters. The molecule has 3 heterocycles. The van der Waals surface area contributed by atoms with Crippen molar-refractivity contribution in [3.8, 4) is 0 Å². The van der Waals surface area contributed by atoms with E-state index in [9.17, 15) is 28.8 Å². The van der Waals surface area contributed by atoms with Crippen LogP contribution in [0.25, 0.3) is 0 Å². The Morgan fingerprint density at radius 1 is 0.911 bits per heavy atom. The normalized spacial score (nSPS) is 22.8. The Morgan fingerprint density at radius 3 is 2.23 bits per heavy atom. The highest BCUT2D eigenvalue weighted by Crippen LogP contribution is 2.51. The Balaban J connectivity index is 1.38. The predicted molar refractivity (Wildman–Crippen MR) is 201 cm³/mol. The van der Waals surface area contributed by atoms with Gasteiger partial charge in [0, 0.05) is 43.7 Å². The first-order chi connectivity index (χ1) is 26.5. The lowest BCUT2D eigenvalue weighted by Gasteiger charge is -2.38. The molecule has 2 aliphatic carbocycles. The molecule has 5 rings (SSSR count). The molecule has 3 fully saturated rings. The SMILES string of the molecule is CCC[C@H](NC(=O)[C@@H]1[C@H]2CCC(F)(F)C2CN1C(=O)[C@@H](NC(=O)[C@@H](NC(=O)c1cnccn1)C1CCCCC1)C(C)(C)C)C(=O)C(=O)N[C@@H](C)c1ccncc1. The number of ketones is 1. The van der Waals surface area contributed by atoms with Gasteiger partial charge in [-0.25, -0.2) is 13.8 Å². The number of amides is 5. The summed E-state index contributed by atoms with van der Waals surface area (Å²) in [5.41, 5.74) is -0.239. The second-order valence-corrected chi connectivity index (χ2v) is 16.4. The third-order valence-electron chi connectivity index (χ3n) is 11.4. The van der Waals surface area contributed by atoms with E-state index in [1.54, 1.807) is 59.1 Å². The summed E-state index contributed by atoms with van der Waals surface area (Å²) >= 11 is 0. The molecule has 2 saturated carbocycles. The molecule has 56 heavy (non-hydrogen) atoms. The Morgan fingerprint density at radius 2 is 1.61 bits per heavy atom. The summed E-state index contributed by atoms with van der Waals surface area (Å²) in [5, 5.41) is 11.0. The first kappa shape index (κ1) is 42.3. The first-order valence-electron chi connectivity index (χ1n) is 19.6. The lowest BCUT2D eigenvalue weighted by atomic mass is 9.82. The van der Waals surface area contributed by atoms with Gasteiger partial charge in [-0.05, 0) is 67.6 Å². The number of aromatic nitrogens is 3. The lowest BCUT2D eigenvalue weighted by Crippen LogP contribution is -2.62. The third kappa shape index (κ3) is 9.73. The number of carbonyl (C=O) groups excluding carboxylic acids is 6. The molecule has 14 nitrogen and oxygen atoms in total. The van der Waals surface area contributed by atoms with Gasteiger partial charge in [0.15, 0.2) is 0 Å². The van der Waals surface area contributed by atoms with Crippen LogP contribution in [0.15, 0.2) is 43.1 Å². The van der Waals surface area contributed by atoms with Crippen molar-refractivity contribution < 1.29 is 37.5 Å². The molecule has 2 aromatic rings. The lowest BCUT2D eigenvalue weighted by molar-refractivity contribution is -0.146. The van der Waals surface area contributed by atoms with E-state index in [4.69, 9.17) is 0 Å². The molecule has 2 aromatic heterocycles. The van der Waals surface area contributed by atoms with Crippen molar-refractivity contribution in [1.82, 2.24) is 41.1 Å². The van der Waals surface area contributed by atoms with Crippen LogP contribution in [0.1, 0.15) is 114 Å². The fourth-order valence-electron chi connectivity index (χ4n) is 8.34. The van der Waals surface area contributed by atoms with Crippen LogP contribution < -0.4 is 21.3 Å². The predicted octanol–water partition coefficient (Wildman–Crippen LogP) is 3.68. The minimum Gasteiger partial charge on any atom is -0.344 e. The van der Waals surface area contributed by atoms with Crippen LogP contribution in [0.5, 0.6) is 0 Å². The maximum Gasteiger partial charge on any atom is 0.290 e. The number of Topliss-reactive ketones (excluding diaryl/α,β-unsaturated/α-hetero) is 1. The molecule has 3 aliphatic rings. The standard InChI is InChI=1S/C40H54F2N8O6/c1-6-10-28(32(51)37(55)46-23(2)24-14-17-43-18-15-24)47-36(54)31-26-13-16-40(41,42)27(26)22-50(31)38(56)33(39(3,4)5)49-35(53)30(25-11-8-7-9-12-25)48-34(52)29-21-44-19-20-45-29/h14-15,17-21,23,25-28,30-31,33H,6-13,16,22H2,1-5H3,(H,46,55)(H,47,54)(H,48,52)(H,49,53)/t23-,26-,27?,28-,30-,31-,33+/m0/s1. The number of alkyl halides is 2. The summed E-state index contributed by atoms with van der Waals surface area (Å²) in [6, 6.07) is -2.14. The average molecular weight is 781 g/mol. The minimum absolute atomic E-state index is 0.0172. The van der Waals surface area contributed by atoms with E-state index < -0.39 is 102 Å². The van der Waals surface area contributed by atoms with Crippen LogP contribution in [0.2, 0.25) is 0 Å². The number of hydrogen-bond donors (Lipinski definition) is 4. The number of likely N-dealkylation sites (tertiary alicyclic amines) is 1. The molecule has 5 amide bonds. The monoisotopic (exact) mass is 780 g/mol. The summed E-state index contributed by atoms with van der Waals surface area (Å²) < 4.78 is 30.7. The van der Waals surface area contributed by atoms with Crippen molar-refractivity contribution >= 4 is 35.3 Å². The minimum atomic E-state index is -3.16. The van der Waals surface area contributed by atoms with Crippen LogP contribution in [-0.2, 0) is 24.0 Å². The van der Waals surface area contributed by atoms with Gasteiger partial charge in [0.05, 0.1) is 18.3 Å². The second kappa shape index (κ2) is 17.9. The average Bonchev–Trinajstić information content (AvgIpc) is 3.72. The van der Waals surface area contributed by atoms with Crippen LogP contribution in [-0.4, -0.2) is 91.8 Å². The number of fused-ring (bicyclic) bond motifs is 1. The molecular weight excluding hydrogens is 726 g/mol. The zero-order valence-corrected chi connectivity index (χ0v) is 32.7. The zero-order valence-electron chi connectivity index (χ0n) is 32.7. The van der Waals surface area contributed by atoms with Crippen molar-refractivity contribution in [3.05, 3.63) is 54.4 Å². The van der Waals surface area contributed by atoms with Gasteiger partial charge in [-0.3, -0.25) is 38.7 Å². The van der Waals surface area contributed by atoms with Gasteiger partial charge < -0.3 is 26.2 Å². The topological polar surface area (TPSA) is 192 Å². The van der Waals surface area contributed by atoms with Crippen LogP contribution in [0, 0.1) is 23.2 Å². The van der Waals surface area contributed by atoms with Crippen molar-refractivity contribution in [2.24, 2.45) is 23.2 Å². The number of pyridine rings is 1. The van der Waals surface area contributed by atoms with Crippen molar-refractivity contribution in [1.29, 1.82) is 0 Å². The molecular formula is C40H54F2N8O6. The van der Waals surface area contributed by atoms with E-state index in [2.05, 4.69) is 36.2 Å². The second-order valence-electron chi connectivity index (χ2n) is 16.4. The molecule has 16 heteroatoms. The van der Waals surface area contributed by atoms with Crippen LogP contribution in [0.3, 0.4) is 0 Å². The zero-order chi connectivity index (χ0) is 40.8. The Kier molecular flexibility index (Phi) is 13.5. The summed E-state index contributed by atoms with van der Waals surface area (Å²) in [4.78, 5) is 96.1. The van der Waals surface area contributed by atoms with Gasteiger partial charge in [-0.2, -0.15) is 0 Å². The summed E-state index contributed by atoms with van der Waals surface area (Å²) in [6.07, 6.45) is 11.2. The van der Waals surface area contributed by atoms with Gasteiger partial charge in [-0.1, -0.05) is 53.4 Å². The smallest absolute Gasteiger partial charge is 0.290 e. The fraction of sp³-hybridized carbons (Fsp3) is 0.625.